The number of nitrogens with one attached hydrogen (secondary N) is 1. The topological polar surface area (TPSA) is 59.8 Å². The van der Waals surface area contributed by atoms with Crippen LogP contribution in [-0.2, 0) is 11.3 Å². The predicted octanol–water partition coefficient (Wildman–Crippen LogP) is 3.01. The third-order valence-electron chi connectivity index (χ3n) is 3.36. The van der Waals surface area contributed by atoms with Crippen molar-refractivity contribution in [1.29, 1.82) is 0 Å². The van der Waals surface area contributed by atoms with Crippen molar-refractivity contribution in [3.8, 4) is 11.5 Å². The molecule has 118 valence electrons. The summed E-state index contributed by atoms with van der Waals surface area (Å²) in [5.74, 6) is 0.661. The molecule has 0 aliphatic carbocycles. The number of rotatable bonds is 3. The number of imidazole rings is 1. The maximum Gasteiger partial charge on any atom is 0.240 e. The molecule has 1 N–H and O–H groups in total. The molecule has 0 bridgehead atoms. The van der Waals surface area contributed by atoms with Crippen molar-refractivity contribution in [3.63, 3.8) is 0 Å². The van der Waals surface area contributed by atoms with E-state index >= 15 is 0 Å². The van der Waals surface area contributed by atoms with Gasteiger partial charge >= 0.3 is 0 Å². The third-order valence-corrected chi connectivity index (χ3v) is 3.36. The minimum atomic E-state index is -0.265. The highest BCUT2D eigenvalue weighted by atomic mass is 16.2. The first-order valence-electron chi connectivity index (χ1n) is 7.62. The number of hydrogen-bond donors (Lipinski definition) is 1. The molecular weight excluding hydrogens is 288 g/mol. The van der Waals surface area contributed by atoms with Crippen molar-refractivity contribution in [2.45, 2.75) is 32.9 Å². The largest absolute Gasteiger partial charge is 0.350 e. The highest BCUT2D eigenvalue weighted by Gasteiger charge is 2.18. The fraction of sp³-hybridized carbons (Fsp3) is 0.278. The Kier molecular flexibility index (Phi) is 3.86. The number of fused-ring (bicyclic) bond motifs is 1. The van der Waals surface area contributed by atoms with E-state index in [9.17, 15) is 4.79 Å². The van der Waals surface area contributed by atoms with E-state index in [0.717, 1.165) is 16.7 Å². The fourth-order valence-electron chi connectivity index (χ4n) is 2.53. The lowest BCUT2D eigenvalue weighted by Crippen LogP contribution is -2.42. The summed E-state index contributed by atoms with van der Waals surface area (Å²) in [6, 6.07) is 13.5. The quantitative estimate of drug-likeness (QED) is 0.809. The van der Waals surface area contributed by atoms with E-state index in [2.05, 4.69) is 15.3 Å². The number of amides is 1. The van der Waals surface area contributed by atoms with Crippen molar-refractivity contribution < 1.29 is 4.79 Å². The Morgan fingerprint density at radius 1 is 1.13 bits per heavy atom. The van der Waals surface area contributed by atoms with Crippen molar-refractivity contribution in [1.82, 2.24) is 19.9 Å². The number of nitrogens with zero attached hydrogens (tertiary/aromatic N) is 3. The van der Waals surface area contributed by atoms with E-state index in [4.69, 9.17) is 0 Å². The molecule has 0 aliphatic rings. The second-order valence-corrected chi connectivity index (χ2v) is 6.52. The minimum absolute atomic E-state index is 0.0437. The van der Waals surface area contributed by atoms with E-state index in [1.807, 2.05) is 67.8 Å². The lowest BCUT2D eigenvalue weighted by atomic mass is 10.1. The maximum atomic E-state index is 12.4. The van der Waals surface area contributed by atoms with Crippen LogP contribution in [0.3, 0.4) is 0 Å². The van der Waals surface area contributed by atoms with Crippen molar-refractivity contribution in [2.24, 2.45) is 0 Å². The molecule has 2 aromatic heterocycles. The summed E-state index contributed by atoms with van der Waals surface area (Å²) in [4.78, 5) is 21.4. The van der Waals surface area contributed by atoms with Crippen LogP contribution in [0.5, 0.6) is 0 Å². The summed E-state index contributed by atoms with van der Waals surface area (Å²) in [6.45, 7) is 6.12. The van der Waals surface area contributed by atoms with Crippen molar-refractivity contribution in [2.75, 3.05) is 0 Å². The highest BCUT2D eigenvalue weighted by Crippen LogP contribution is 2.23. The van der Waals surface area contributed by atoms with Gasteiger partial charge in [0.1, 0.15) is 12.2 Å². The molecule has 5 heteroatoms. The van der Waals surface area contributed by atoms with Gasteiger partial charge in [-0.25, -0.2) is 4.98 Å². The van der Waals surface area contributed by atoms with Gasteiger partial charge in [-0.05, 0) is 45.0 Å². The normalized spacial score (nSPS) is 11.6. The highest BCUT2D eigenvalue weighted by molar-refractivity contribution is 5.84. The number of aromatic nitrogens is 3. The Labute approximate surface area is 135 Å². The molecule has 2 heterocycles. The first kappa shape index (κ1) is 15.2. The van der Waals surface area contributed by atoms with Crippen LogP contribution in [0, 0.1) is 0 Å². The van der Waals surface area contributed by atoms with Gasteiger partial charge in [-0.15, -0.1) is 0 Å². The molecule has 1 amide bonds. The Bertz CT molecular complexity index is 831. The van der Waals surface area contributed by atoms with Crippen LogP contribution in [0.1, 0.15) is 20.8 Å². The smallest absolute Gasteiger partial charge is 0.240 e. The molecule has 0 spiro atoms. The minimum Gasteiger partial charge on any atom is -0.350 e. The molecule has 0 fully saturated rings. The second-order valence-electron chi connectivity index (χ2n) is 6.52. The Morgan fingerprint density at radius 2 is 1.87 bits per heavy atom. The van der Waals surface area contributed by atoms with Gasteiger partial charge < -0.3 is 9.88 Å². The predicted molar refractivity (Wildman–Crippen MR) is 90.9 cm³/mol. The Balaban J connectivity index is 2.05. The lowest BCUT2D eigenvalue weighted by molar-refractivity contribution is -0.123. The van der Waals surface area contributed by atoms with Crippen LogP contribution in [0.2, 0.25) is 0 Å². The van der Waals surface area contributed by atoms with Gasteiger partial charge in [-0.3, -0.25) is 9.78 Å². The Morgan fingerprint density at radius 3 is 2.57 bits per heavy atom. The van der Waals surface area contributed by atoms with Crippen LogP contribution in [0.15, 0.2) is 48.7 Å². The van der Waals surface area contributed by atoms with E-state index in [1.54, 1.807) is 6.20 Å². The lowest BCUT2D eigenvalue weighted by Gasteiger charge is -2.21. The van der Waals surface area contributed by atoms with Crippen LogP contribution >= 0.6 is 0 Å². The number of para-hydroxylation sites is 2. The van der Waals surface area contributed by atoms with Crippen LogP contribution in [0.25, 0.3) is 22.6 Å². The van der Waals surface area contributed by atoms with Gasteiger partial charge in [0.05, 0.1) is 11.0 Å². The van der Waals surface area contributed by atoms with Crippen molar-refractivity contribution >= 4 is 16.9 Å². The molecule has 0 saturated carbocycles. The van der Waals surface area contributed by atoms with E-state index in [-0.39, 0.29) is 18.0 Å². The molecule has 0 atom stereocenters. The summed E-state index contributed by atoms with van der Waals surface area (Å²) < 4.78 is 1.92. The van der Waals surface area contributed by atoms with E-state index in [0.29, 0.717) is 5.82 Å². The summed E-state index contributed by atoms with van der Waals surface area (Å²) in [7, 11) is 0. The first-order valence-corrected chi connectivity index (χ1v) is 7.62. The van der Waals surface area contributed by atoms with Crippen LogP contribution < -0.4 is 5.32 Å². The standard InChI is InChI=1S/C18H20N4O/c1-18(2,3)21-16(23)12-22-15-10-5-4-8-13(15)20-17(22)14-9-6-7-11-19-14/h4-11H,12H2,1-3H3,(H,21,23). The number of carbonyl (C=O) groups is 1. The van der Waals surface area contributed by atoms with Crippen LogP contribution in [-0.4, -0.2) is 26.0 Å². The fourth-order valence-corrected chi connectivity index (χ4v) is 2.53. The average molecular weight is 308 g/mol. The Hall–Kier alpha value is -2.69. The van der Waals surface area contributed by atoms with E-state index in [1.165, 1.54) is 0 Å². The molecule has 23 heavy (non-hydrogen) atoms. The molecular formula is C18H20N4O. The van der Waals surface area contributed by atoms with Gasteiger partial charge in [0.2, 0.25) is 5.91 Å². The summed E-state index contributed by atoms with van der Waals surface area (Å²) >= 11 is 0. The van der Waals surface area contributed by atoms with Gasteiger partial charge in [0.25, 0.3) is 0 Å². The van der Waals surface area contributed by atoms with Gasteiger partial charge in [0.15, 0.2) is 5.82 Å². The van der Waals surface area contributed by atoms with Gasteiger partial charge in [-0.2, -0.15) is 0 Å². The van der Waals surface area contributed by atoms with Crippen molar-refractivity contribution in [3.05, 3.63) is 48.7 Å². The SMILES string of the molecule is CC(C)(C)NC(=O)Cn1c(-c2ccccn2)nc2ccccc21. The molecule has 3 rings (SSSR count). The summed E-state index contributed by atoms with van der Waals surface area (Å²) in [5.41, 5.74) is 2.28. The summed E-state index contributed by atoms with van der Waals surface area (Å²) in [5, 5.41) is 2.99. The zero-order valence-electron chi connectivity index (χ0n) is 13.6. The monoisotopic (exact) mass is 308 g/mol. The third kappa shape index (κ3) is 3.39. The molecule has 0 saturated heterocycles. The van der Waals surface area contributed by atoms with Crippen LogP contribution in [0.4, 0.5) is 0 Å². The zero-order valence-corrected chi connectivity index (χ0v) is 13.6. The number of benzene rings is 1. The number of hydrogen-bond acceptors (Lipinski definition) is 3. The average Bonchev–Trinajstić information content (AvgIpc) is 2.85. The zero-order chi connectivity index (χ0) is 16.4. The molecule has 1 aromatic carbocycles. The van der Waals surface area contributed by atoms with Gasteiger partial charge in [0, 0.05) is 11.7 Å². The number of carbonyl (C=O) groups excluding carboxylic acids is 1. The van der Waals surface area contributed by atoms with E-state index < -0.39 is 0 Å². The maximum absolute atomic E-state index is 12.4. The molecule has 0 radical (unpaired) electrons. The molecule has 0 unspecified atom stereocenters. The molecule has 0 aliphatic heterocycles. The second kappa shape index (κ2) is 5.83. The van der Waals surface area contributed by atoms with Gasteiger partial charge in [-0.1, -0.05) is 18.2 Å². The summed E-state index contributed by atoms with van der Waals surface area (Å²) in [6.07, 6.45) is 1.73. The molecule has 5 nitrogen and oxygen atoms in total. The first-order chi connectivity index (χ1) is 10.9. The number of pyridine rings is 1. The molecule has 3 aromatic rings.